The Kier molecular flexibility index (Phi) is 5.69. The van der Waals surface area contributed by atoms with E-state index in [0.29, 0.717) is 0 Å². The van der Waals surface area contributed by atoms with Crippen LogP contribution in [0.4, 0.5) is 4.39 Å². The molecule has 0 aliphatic carbocycles. The maximum Gasteiger partial charge on any atom is 0.234 e. The first-order valence-corrected chi connectivity index (χ1v) is 6.99. The second kappa shape index (κ2) is 6.84. The standard InChI is InChI=1S/C16H25FN2O/c1-11(2)15(12-6-8-13(17)9-7-12)19-14(20)10-18-16(3,4)5/h6-9,11,15,18H,10H2,1-5H3,(H,19,20). The summed E-state index contributed by atoms with van der Waals surface area (Å²) in [6.07, 6.45) is 0. The third-order valence-electron chi connectivity index (χ3n) is 2.99. The molecule has 1 rings (SSSR count). The molecule has 4 heteroatoms. The second-order valence-corrected chi connectivity index (χ2v) is 6.44. The molecular formula is C16H25FN2O. The van der Waals surface area contributed by atoms with E-state index in [2.05, 4.69) is 10.6 Å². The van der Waals surface area contributed by atoms with Crippen LogP contribution in [0.15, 0.2) is 24.3 Å². The summed E-state index contributed by atoms with van der Waals surface area (Å²) in [7, 11) is 0. The number of carbonyl (C=O) groups excluding carboxylic acids is 1. The zero-order valence-corrected chi connectivity index (χ0v) is 13.0. The molecule has 3 nitrogen and oxygen atoms in total. The Bertz CT molecular complexity index is 435. The van der Waals surface area contributed by atoms with E-state index in [1.54, 1.807) is 12.1 Å². The lowest BCUT2D eigenvalue weighted by molar-refractivity contribution is -0.121. The van der Waals surface area contributed by atoms with Crippen molar-refractivity contribution in [2.24, 2.45) is 5.92 Å². The van der Waals surface area contributed by atoms with E-state index in [-0.39, 0.29) is 35.8 Å². The van der Waals surface area contributed by atoms with Crippen molar-refractivity contribution in [3.05, 3.63) is 35.6 Å². The minimum absolute atomic E-state index is 0.0528. The maximum atomic E-state index is 13.0. The maximum absolute atomic E-state index is 13.0. The van der Waals surface area contributed by atoms with Gasteiger partial charge in [0, 0.05) is 5.54 Å². The monoisotopic (exact) mass is 280 g/mol. The fourth-order valence-corrected chi connectivity index (χ4v) is 1.87. The van der Waals surface area contributed by atoms with Crippen LogP contribution in [0.2, 0.25) is 0 Å². The van der Waals surface area contributed by atoms with E-state index in [1.807, 2.05) is 34.6 Å². The highest BCUT2D eigenvalue weighted by Crippen LogP contribution is 2.21. The molecule has 0 radical (unpaired) electrons. The Morgan fingerprint density at radius 3 is 2.20 bits per heavy atom. The van der Waals surface area contributed by atoms with Crippen molar-refractivity contribution in [1.29, 1.82) is 0 Å². The van der Waals surface area contributed by atoms with Crippen molar-refractivity contribution in [3.8, 4) is 0 Å². The lowest BCUT2D eigenvalue weighted by Gasteiger charge is -2.25. The number of halogens is 1. The molecule has 20 heavy (non-hydrogen) atoms. The number of amides is 1. The van der Waals surface area contributed by atoms with Crippen LogP contribution in [0.1, 0.15) is 46.2 Å². The van der Waals surface area contributed by atoms with Gasteiger partial charge in [0.25, 0.3) is 0 Å². The van der Waals surface area contributed by atoms with Gasteiger partial charge in [-0.3, -0.25) is 4.79 Å². The van der Waals surface area contributed by atoms with Crippen molar-refractivity contribution < 1.29 is 9.18 Å². The van der Waals surface area contributed by atoms with Crippen LogP contribution in [-0.4, -0.2) is 18.0 Å². The highest BCUT2D eigenvalue weighted by molar-refractivity contribution is 5.78. The third-order valence-corrected chi connectivity index (χ3v) is 2.99. The largest absolute Gasteiger partial charge is 0.348 e. The molecule has 0 aliphatic heterocycles. The first kappa shape index (κ1) is 16.6. The van der Waals surface area contributed by atoms with Gasteiger partial charge < -0.3 is 10.6 Å². The number of benzene rings is 1. The number of hydrogen-bond donors (Lipinski definition) is 2. The van der Waals surface area contributed by atoms with Gasteiger partial charge in [-0.25, -0.2) is 4.39 Å². The molecular weight excluding hydrogens is 255 g/mol. The fourth-order valence-electron chi connectivity index (χ4n) is 1.87. The molecule has 112 valence electrons. The quantitative estimate of drug-likeness (QED) is 0.870. The molecule has 1 aromatic rings. The minimum atomic E-state index is -0.267. The molecule has 0 heterocycles. The Morgan fingerprint density at radius 2 is 1.75 bits per heavy atom. The zero-order valence-electron chi connectivity index (χ0n) is 13.0. The van der Waals surface area contributed by atoms with Gasteiger partial charge in [0.2, 0.25) is 5.91 Å². The summed E-state index contributed by atoms with van der Waals surface area (Å²) in [4.78, 5) is 12.0. The van der Waals surface area contributed by atoms with E-state index in [9.17, 15) is 9.18 Å². The Hall–Kier alpha value is -1.42. The molecule has 0 aromatic heterocycles. The first-order valence-electron chi connectivity index (χ1n) is 6.99. The normalized spacial score (nSPS) is 13.3. The Balaban J connectivity index is 2.68. The summed E-state index contributed by atoms with van der Waals surface area (Å²) in [5.41, 5.74) is 0.825. The van der Waals surface area contributed by atoms with E-state index in [4.69, 9.17) is 0 Å². The molecule has 1 aromatic carbocycles. The summed E-state index contributed by atoms with van der Waals surface area (Å²) in [5.74, 6) is -0.0843. The van der Waals surface area contributed by atoms with Gasteiger partial charge in [-0.1, -0.05) is 26.0 Å². The second-order valence-electron chi connectivity index (χ2n) is 6.44. The van der Waals surface area contributed by atoms with Crippen LogP contribution < -0.4 is 10.6 Å². The molecule has 1 atom stereocenters. The number of rotatable bonds is 5. The number of carbonyl (C=O) groups is 1. The predicted molar refractivity (Wildman–Crippen MR) is 79.9 cm³/mol. The minimum Gasteiger partial charge on any atom is -0.348 e. The van der Waals surface area contributed by atoms with Crippen molar-refractivity contribution in [1.82, 2.24) is 10.6 Å². The zero-order chi connectivity index (χ0) is 15.3. The molecule has 0 aliphatic rings. The fraction of sp³-hybridized carbons (Fsp3) is 0.562. The van der Waals surface area contributed by atoms with Gasteiger partial charge in [-0.2, -0.15) is 0 Å². The van der Waals surface area contributed by atoms with E-state index < -0.39 is 0 Å². The lowest BCUT2D eigenvalue weighted by Crippen LogP contribution is -2.44. The highest BCUT2D eigenvalue weighted by Gasteiger charge is 2.19. The summed E-state index contributed by atoms with van der Waals surface area (Å²) in [6.45, 7) is 10.4. The summed E-state index contributed by atoms with van der Waals surface area (Å²) in [5, 5.41) is 6.16. The van der Waals surface area contributed by atoms with Gasteiger partial charge in [0.05, 0.1) is 12.6 Å². The topological polar surface area (TPSA) is 41.1 Å². The first-order chi connectivity index (χ1) is 9.19. The highest BCUT2D eigenvalue weighted by atomic mass is 19.1. The van der Waals surface area contributed by atoms with Crippen molar-refractivity contribution in [3.63, 3.8) is 0 Å². The van der Waals surface area contributed by atoms with Crippen molar-refractivity contribution >= 4 is 5.91 Å². The smallest absolute Gasteiger partial charge is 0.234 e. The average Bonchev–Trinajstić information content (AvgIpc) is 2.33. The van der Waals surface area contributed by atoms with E-state index >= 15 is 0 Å². The molecule has 0 bridgehead atoms. The summed E-state index contributed by atoms with van der Waals surface area (Å²) < 4.78 is 13.0. The van der Waals surface area contributed by atoms with Crippen LogP contribution >= 0.6 is 0 Å². The molecule has 0 saturated carbocycles. The molecule has 0 fully saturated rings. The van der Waals surface area contributed by atoms with Gasteiger partial charge in [0.15, 0.2) is 0 Å². The predicted octanol–water partition coefficient (Wildman–Crippen LogP) is 3.03. The van der Waals surface area contributed by atoms with Gasteiger partial charge >= 0.3 is 0 Å². The molecule has 0 spiro atoms. The van der Waals surface area contributed by atoms with Gasteiger partial charge in [-0.05, 0) is 44.4 Å². The summed E-state index contributed by atoms with van der Waals surface area (Å²) >= 11 is 0. The van der Waals surface area contributed by atoms with Crippen LogP contribution in [0, 0.1) is 11.7 Å². The third kappa shape index (κ3) is 5.70. The van der Waals surface area contributed by atoms with Crippen molar-refractivity contribution in [2.75, 3.05) is 6.54 Å². The average molecular weight is 280 g/mol. The molecule has 0 saturated heterocycles. The summed E-state index contributed by atoms with van der Waals surface area (Å²) in [6, 6.07) is 6.17. The molecule has 2 N–H and O–H groups in total. The van der Waals surface area contributed by atoms with Crippen molar-refractivity contribution in [2.45, 2.75) is 46.2 Å². The number of nitrogens with one attached hydrogen (secondary N) is 2. The molecule has 1 unspecified atom stereocenters. The van der Waals surface area contributed by atoms with Crippen LogP contribution in [0.25, 0.3) is 0 Å². The SMILES string of the molecule is CC(C)C(NC(=O)CNC(C)(C)C)c1ccc(F)cc1. The van der Waals surface area contributed by atoms with Gasteiger partial charge in [-0.15, -0.1) is 0 Å². The lowest BCUT2D eigenvalue weighted by atomic mass is 9.96. The van der Waals surface area contributed by atoms with Crippen LogP contribution in [-0.2, 0) is 4.79 Å². The van der Waals surface area contributed by atoms with E-state index in [0.717, 1.165) is 5.56 Å². The van der Waals surface area contributed by atoms with Gasteiger partial charge in [0.1, 0.15) is 5.82 Å². The molecule has 1 amide bonds. The number of hydrogen-bond acceptors (Lipinski definition) is 2. The Labute approximate surface area is 121 Å². The Morgan fingerprint density at radius 1 is 1.20 bits per heavy atom. The van der Waals surface area contributed by atoms with Crippen LogP contribution in [0.3, 0.4) is 0 Å². The van der Waals surface area contributed by atoms with Crippen LogP contribution in [0.5, 0.6) is 0 Å². The van der Waals surface area contributed by atoms with E-state index in [1.165, 1.54) is 12.1 Å².